The van der Waals surface area contributed by atoms with E-state index in [0.29, 0.717) is 43.4 Å². The average molecular weight is 482 g/mol. The molecular formula is C27H35N3O5. The first-order valence-electron chi connectivity index (χ1n) is 12.2. The number of imide groups is 1. The van der Waals surface area contributed by atoms with Gasteiger partial charge in [0.25, 0.3) is 5.91 Å². The molecule has 0 bridgehead atoms. The summed E-state index contributed by atoms with van der Waals surface area (Å²) in [6, 6.07) is 14.1. The number of benzene rings is 2. The maximum atomic E-state index is 13.2. The SMILES string of the molecule is CCCOc1ccc(CN(CCC)C(=O)CN2C(=O)NC(C)(c3ccccc3)C2=O)cc1OCC. The molecule has 35 heavy (non-hydrogen) atoms. The van der Waals surface area contributed by atoms with Crippen LogP contribution in [0.2, 0.25) is 0 Å². The second-order valence-electron chi connectivity index (χ2n) is 8.69. The molecule has 8 nitrogen and oxygen atoms in total. The molecule has 1 atom stereocenters. The summed E-state index contributed by atoms with van der Waals surface area (Å²) in [7, 11) is 0. The molecule has 2 aromatic rings. The normalized spacial score (nSPS) is 17.3. The number of hydrogen-bond donors (Lipinski definition) is 1. The van der Waals surface area contributed by atoms with Crippen molar-refractivity contribution in [2.75, 3.05) is 26.3 Å². The van der Waals surface area contributed by atoms with E-state index in [1.807, 2.05) is 57.2 Å². The van der Waals surface area contributed by atoms with Gasteiger partial charge in [-0.25, -0.2) is 4.79 Å². The molecule has 0 spiro atoms. The third-order valence-corrected chi connectivity index (χ3v) is 5.91. The van der Waals surface area contributed by atoms with E-state index in [0.717, 1.165) is 23.3 Å². The zero-order chi connectivity index (χ0) is 25.4. The number of urea groups is 1. The van der Waals surface area contributed by atoms with Crippen molar-refractivity contribution in [3.05, 3.63) is 59.7 Å². The van der Waals surface area contributed by atoms with Gasteiger partial charge in [0.05, 0.1) is 13.2 Å². The van der Waals surface area contributed by atoms with Crippen molar-refractivity contribution < 1.29 is 23.9 Å². The van der Waals surface area contributed by atoms with Gasteiger partial charge in [0.15, 0.2) is 11.5 Å². The van der Waals surface area contributed by atoms with Gasteiger partial charge in [0, 0.05) is 13.1 Å². The highest BCUT2D eigenvalue weighted by molar-refractivity contribution is 6.09. The average Bonchev–Trinajstić information content (AvgIpc) is 3.07. The van der Waals surface area contributed by atoms with Gasteiger partial charge < -0.3 is 19.7 Å². The number of rotatable bonds is 12. The van der Waals surface area contributed by atoms with E-state index in [1.165, 1.54) is 0 Å². The maximum Gasteiger partial charge on any atom is 0.325 e. The Morgan fingerprint density at radius 3 is 2.40 bits per heavy atom. The Bertz CT molecular complexity index is 1040. The molecule has 0 aliphatic carbocycles. The molecule has 1 heterocycles. The second-order valence-corrected chi connectivity index (χ2v) is 8.69. The van der Waals surface area contributed by atoms with E-state index < -0.39 is 17.5 Å². The largest absolute Gasteiger partial charge is 0.490 e. The van der Waals surface area contributed by atoms with Crippen molar-refractivity contribution in [1.82, 2.24) is 15.1 Å². The fourth-order valence-corrected chi connectivity index (χ4v) is 4.08. The third-order valence-electron chi connectivity index (χ3n) is 5.91. The Morgan fingerprint density at radius 1 is 1.00 bits per heavy atom. The van der Waals surface area contributed by atoms with Gasteiger partial charge in [0.1, 0.15) is 12.1 Å². The van der Waals surface area contributed by atoms with Crippen LogP contribution < -0.4 is 14.8 Å². The molecule has 1 aliphatic heterocycles. The zero-order valence-electron chi connectivity index (χ0n) is 21.0. The van der Waals surface area contributed by atoms with Crippen LogP contribution in [0.5, 0.6) is 11.5 Å². The van der Waals surface area contributed by atoms with Crippen molar-refractivity contribution in [3.63, 3.8) is 0 Å². The topological polar surface area (TPSA) is 88.2 Å². The molecule has 1 fully saturated rings. The summed E-state index contributed by atoms with van der Waals surface area (Å²) in [4.78, 5) is 41.8. The number of hydrogen-bond acceptors (Lipinski definition) is 5. The van der Waals surface area contributed by atoms with Crippen LogP contribution in [-0.2, 0) is 21.7 Å². The first-order chi connectivity index (χ1) is 16.8. The summed E-state index contributed by atoms with van der Waals surface area (Å²) in [6.45, 7) is 9.19. The molecule has 1 aliphatic rings. The third kappa shape index (κ3) is 5.93. The number of nitrogens with one attached hydrogen (secondary N) is 1. The molecule has 0 radical (unpaired) electrons. The molecule has 4 amide bonds. The van der Waals surface area contributed by atoms with Crippen LogP contribution in [0.15, 0.2) is 48.5 Å². The predicted octanol–water partition coefficient (Wildman–Crippen LogP) is 4.08. The molecule has 188 valence electrons. The first-order valence-corrected chi connectivity index (χ1v) is 12.2. The highest BCUT2D eigenvalue weighted by atomic mass is 16.5. The molecule has 1 unspecified atom stereocenters. The summed E-state index contributed by atoms with van der Waals surface area (Å²) in [5.41, 5.74) is 0.354. The molecule has 2 aromatic carbocycles. The van der Waals surface area contributed by atoms with Gasteiger partial charge >= 0.3 is 6.03 Å². The smallest absolute Gasteiger partial charge is 0.325 e. The Kier molecular flexibility index (Phi) is 8.73. The molecule has 1 N–H and O–H groups in total. The molecule has 0 aromatic heterocycles. The van der Waals surface area contributed by atoms with E-state index >= 15 is 0 Å². The Balaban J connectivity index is 1.75. The van der Waals surface area contributed by atoms with E-state index in [-0.39, 0.29) is 12.5 Å². The molecular weight excluding hydrogens is 446 g/mol. The first kappa shape index (κ1) is 26.1. The van der Waals surface area contributed by atoms with E-state index in [9.17, 15) is 14.4 Å². The van der Waals surface area contributed by atoms with Gasteiger partial charge in [-0.2, -0.15) is 0 Å². The minimum Gasteiger partial charge on any atom is -0.490 e. The van der Waals surface area contributed by atoms with Crippen LogP contribution in [0.3, 0.4) is 0 Å². The van der Waals surface area contributed by atoms with Gasteiger partial charge in [-0.05, 0) is 49.9 Å². The number of nitrogens with zero attached hydrogens (tertiary/aromatic N) is 2. The zero-order valence-corrected chi connectivity index (χ0v) is 21.0. The highest BCUT2D eigenvalue weighted by Crippen LogP contribution is 2.30. The number of carbonyl (C=O) groups is 3. The number of amides is 4. The fourth-order valence-electron chi connectivity index (χ4n) is 4.08. The lowest BCUT2D eigenvalue weighted by Crippen LogP contribution is -2.44. The van der Waals surface area contributed by atoms with Crippen molar-refractivity contribution in [3.8, 4) is 11.5 Å². The summed E-state index contributed by atoms with van der Waals surface area (Å²) < 4.78 is 11.5. The molecule has 1 saturated heterocycles. The second kappa shape index (κ2) is 11.7. The van der Waals surface area contributed by atoms with Crippen LogP contribution in [0.1, 0.15) is 51.7 Å². The van der Waals surface area contributed by atoms with E-state index in [4.69, 9.17) is 9.47 Å². The van der Waals surface area contributed by atoms with Crippen molar-refractivity contribution in [2.24, 2.45) is 0 Å². The fraction of sp³-hybridized carbons (Fsp3) is 0.444. The van der Waals surface area contributed by atoms with Crippen LogP contribution >= 0.6 is 0 Å². The number of carbonyl (C=O) groups excluding carboxylic acids is 3. The van der Waals surface area contributed by atoms with Crippen LogP contribution in [0, 0.1) is 0 Å². The molecule has 0 saturated carbocycles. The summed E-state index contributed by atoms with van der Waals surface area (Å²) in [5.74, 6) is 0.576. The lowest BCUT2D eigenvalue weighted by Gasteiger charge is -2.25. The highest BCUT2D eigenvalue weighted by Gasteiger charge is 2.49. The lowest BCUT2D eigenvalue weighted by molar-refractivity contribution is -0.139. The molecule has 8 heteroatoms. The minimum atomic E-state index is -1.20. The standard InChI is InChI=1S/C27H35N3O5/c1-5-15-29(18-20-13-14-22(35-16-6-2)23(17-20)34-7-3)24(31)19-30-25(32)27(4,28-26(30)33)21-11-9-8-10-12-21/h8-14,17H,5-7,15-16,18-19H2,1-4H3,(H,28,33). The Hall–Kier alpha value is -3.55. The lowest BCUT2D eigenvalue weighted by atomic mass is 9.92. The monoisotopic (exact) mass is 481 g/mol. The Morgan fingerprint density at radius 2 is 1.74 bits per heavy atom. The predicted molar refractivity (Wildman–Crippen MR) is 133 cm³/mol. The molecule has 3 rings (SSSR count). The van der Waals surface area contributed by atoms with Crippen LogP contribution in [0.4, 0.5) is 4.79 Å². The minimum absolute atomic E-state index is 0.295. The maximum absolute atomic E-state index is 13.2. The quantitative estimate of drug-likeness (QED) is 0.462. The van der Waals surface area contributed by atoms with Gasteiger partial charge in [-0.3, -0.25) is 14.5 Å². The van der Waals surface area contributed by atoms with Gasteiger partial charge in [0.2, 0.25) is 5.91 Å². The van der Waals surface area contributed by atoms with E-state index in [2.05, 4.69) is 5.32 Å². The summed E-state index contributed by atoms with van der Waals surface area (Å²) in [5, 5.41) is 2.75. The summed E-state index contributed by atoms with van der Waals surface area (Å²) in [6.07, 6.45) is 1.63. The van der Waals surface area contributed by atoms with Crippen molar-refractivity contribution in [2.45, 2.75) is 52.6 Å². The van der Waals surface area contributed by atoms with Crippen LogP contribution in [0.25, 0.3) is 0 Å². The number of ether oxygens (including phenoxy) is 2. The van der Waals surface area contributed by atoms with Crippen LogP contribution in [-0.4, -0.2) is 53.9 Å². The van der Waals surface area contributed by atoms with Crippen molar-refractivity contribution >= 4 is 17.8 Å². The Labute approximate surface area is 207 Å². The van der Waals surface area contributed by atoms with Crippen molar-refractivity contribution in [1.29, 1.82) is 0 Å². The van der Waals surface area contributed by atoms with Gasteiger partial charge in [-0.15, -0.1) is 0 Å². The summed E-state index contributed by atoms with van der Waals surface area (Å²) >= 11 is 0. The van der Waals surface area contributed by atoms with Gasteiger partial charge in [-0.1, -0.05) is 50.2 Å². The van der Waals surface area contributed by atoms with E-state index in [1.54, 1.807) is 24.0 Å².